The molecule has 0 saturated heterocycles. The number of anilines is 1. The zero-order valence-electron chi connectivity index (χ0n) is 7.80. The van der Waals surface area contributed by atoms with Crippen LogP contribution in [0.2, 0.25) is 0 Å². The Morgan fingerprint density at radius 2 is 2.15 bits per heavy atom. The van der Waals surface area contributed by atoms with E-state index >= 15 is 0 Å². The molecule has 0 aliphatic rings. The van der Waals surface area contributed by atoms with Crippen molar-refractivity contribution in [3.8, 4) is 11.8 Å². The van der Waals surface area contributed by atoms with Crippen LogP contribution in [0.3, 0.4) is 0 Å². The highest BCUT2D eigenvalue weighted by atomic mass is 14.6. The largest absolute Gasteiger partial charge is 0.398 e. The van der Waals surface area contributed by atoms with Crippen LogP contribution in [0.4, 0.5) is 5.69 Å². The Bertz CT molecular complexity index is 345. The summed E-state index contributed by atoms with van der Waals surface area (Å²) in [5.74, 6) is 5.94. The van der Waals surface area contributed by atoms with Crippen LogP contribution in [0.1, 0.15) is 17.5 Å². The van der Waals surface area contributed by atoms with Crippen LogP contribution in [-0.4, -0.2) is 6.54 Å². The summed E-state index contributed by atoms with van der Waals surface area (Å²) < 4.78 is 0. The first-order chi connectivity index (χ1) is 6.24. The number of nitrogen functional groups attached to an aromatic ring is 1. The van der Waals surface area contributed by atoms with Gasteiger partial charge in [-0.25, -0.2) is 0 Å². The van der Waals surface area contributed by atoms with Gasteiger partial charge in [-0.2, -0.15) is 0 Å². The SMILES string of the molecule is Cc1ccc(C#CCCN)c(N)c1. The van der Waals surface area contributed by atoms with E-state index < -0.39 is 0 Å². The zero-order valence-corrected chi connectivity index (χ0v) is 7.80. The van der Waals surface area contributed by atoms with E-state index in [1.807, 2.05) is 25.1 Å². The van der Waals surface area contributed by atoms with Crippen molar-refractivity contribution in [1.82, 2.24) is 0 Å². The molecule has 0 atom stereocenters. The molecule has 4 N–H and O–H groups in total. The maximum Gasteiger partial charge on any atom is 0.0475 e. The number of rotatable bonds is 1. The third-order valence-corrected chi connectivity index (χ3v) is 1.70. The molecule has 0 fully saturated rings. The van der Waals surface area contributed by atoms with Crippen LogP contribution < -0.4 is 11.5 Å². The fraction of sp³-hybridized carbons (Fsp3) is 0.273. The standard InChI is InChI=1S/C11H14N2/c1-9-5-6-10(11(13)8-9)4-2-3-7-12/h5-6,8H,3,7,12-13H2,1H3. The first-order valence-electron chi connectivity index (χ1n) is 4.29. The van der Waals surface area contributed by atoms with E-state index in [1.54, 1.807) is 0 Å². The first kappa shape index (κ1) is 9.63. The summed E-state index contributed by atoms with van der Waals surface area (Å²) in [7, 11) is 0. The van der Waals surface area contributed by atoms with E-state index in [-0.39, 0.29) is 0 Å². The van der Waals surface area contributed by atoms with Gasteiger partial charge >= 0.3 is 0 Å². The lowest BCUT2D eigenvalue weighted by Gasteiger charge is -1.98. The highest BCUT2D eigenvalue weighted by Crippen LogP contribution is 2.11. The molecule has 0 aliphatic carbocycles. The Hall–Kier alpha value is -1.46. The highest BCUT2D eigenvalue weighted by Gasteiger charge is 1.93. The van der Waals surface area contributed by atoms with Crippen molar-refractivity contribution >= 4 is 5.69 Å². The lowest BCUT2D eigenvalue weighted by Crippen LogP contribution is -1.96. The molecule has 0 spiro atoms. The Morgan fingerprint density at radius 3 is 2.77 bits per heavy atom. The number of hydrogen-bond acceptors (Lipinski definition) is 2. The van der Waals surface area contributed by atoms with Gasteiger partial charge in [0.2, 0.25) is 0 Å². The van der Waals surface area contributed by atoms with Gasteiger partial charge in [0.15, 0.2) is 0 Å². The number of nitrogens with two attached hydrogens (primary N) is 2. The van der Waals surface area contributed by atoms with Gasteiger partial charge in [-0.1, -0.05) is 17.9 Å². The van der Waals surface area contributed by atoms with Gasteiger partial charge in [-0.05, 0) is 24.6 Å². The smallest absolute Gasteiger partial charge is 0.0475 e. The summed E-state index contributed by atoms with van der Waals surface area (Å²) in [5, 5.41) is 0. The van der Waals surface area contributed by atoms with Crippen molar-refractivity contribution in [3.05, 3.63) is 29.3 Å². The van der Waals surface area contributed by atoms with Gasteiger partial charge in [0.05, 0.1) is 0 Å². The van der Waals surface area contributed by atoms with Gasteiger partial charge in [0.25, 0.3) is 0 Å². The average molecular weight is 174 g/mol. The molecule has 1 aromatic rings. The van der Waals surface area contributed by atoms with Gasteiger partial charge in [0.1, 0.15) is 0 Å². The number of hydrogen-bond donors (Lipinski definition) is 2. The molecule has 68 valence electrons. The molecule has 0 aliphatic heterocycles. The van der Waals surface area contributed by atoms with E-state index in [4.69, 9.17) is 11.5 Å². The molecule has 13 heavy (non-hydrogen) atoms. The predicted molar refractivity (Wildman–Crippen MR) is 56.1 cm³/mol. The Kier molecular flexibility index (Phi) is 3.36. The van der Waals surface area contributed by atoms with Gasteiger partial charge < -0.3 is 11.5 Å². The second kappa shape index (κ2) is 4.54. The van der Waals surface area contributed by atoms with E-state index in [2.05, 4.69) is 11.8 Å². The van der Waals surface area contributed by atoms with E-state index in [1.165, 1.54) is 0 Å². The minimum absolute atomic E-state index is 0.596. The molecule has 0 heterocycles. The van der Waals surface area contributed by atoms with Crippen molar-refractivity contribution < 1.29 is 0 Å². The van der Waals surface area contributed by atoms with Crippen LogP contribution in [0.15, 0.2) is 18.2 Å². The molecule has 0 amide bonds. The summed E-state index contributed by atoms with van der Waals surface area (Å²) in [5.41, 5.74) is 13.9. The summed E-state index contributed by atoms with van der Waals surface area (Å²) in [4.78, 5) is 0. The van der Waals surface area contributed by atoms with Crippen molar-refractivity contribution in [2.24, 2.45) is 5.73 Å². The second-order valence-corrected chi connectivity index (χ2v) is 2.93. The molecule has 1 rings (SSSR count). The third kappa shape index (κ3) is 2.81. The fourth-order valence-electron chi connectivity index (χ4n) is 1.03. The molecule has 0 radical (unpaired) electrons. The van der Waals surface area contributed by atoms with Crippen LogP contribution in [0.25, 0.3) is 0 Å². The summed E-state index contributed by atoms with van der Waals surface area (Å²) in [6.07, 6.45) is 0.716. The van der Waals surface area contributed by atoms with Crippen molar-refractivity contribution in [3.63, 3.8) is 0 Å². The molecular weight excluding hydrogens is 160 g/mol. The monoisotopic (exact) mass is 174 g/mol. The van der Waals surface area contributed by atoms with E-state index in [0.29, 0.717) is 13.0 Å². The molecule has 2 nitrogen and oxygen atoms in total. The molecule has 0 unspecified atom stereocenters. The predicted octanol–water partition coefficient (Wildman–Crippen LogP) is 1.28. The molecule has 2 heteroatoms. The first-order valence-corrected chi connectivity index (χ1v) is 4.29. The maximum absolute atomic E-state index is 5.77. The van der Waals surface area contributed by atoms with Crippen molar-refractivity contribution in [2.45, 2.75) is 13.3 Å². The third-order valence-electron chi connectivity index (χ3n) is 1.70. The molecule has 0 bridgehead atoms. The van der Waals surface area contributed by atoms with Gasteiger partial charge in [-0.3, -0.25) is 0 Å². The molecule has 1 aromatic carbocycles. The zero-order chi connectivity index (χ0) is 9.68. The van der Waals surface area contributed by atoms with Gasteiger partial charge in [-0.15, -0.1) is 0 Å². The Labute approximate surface area is 78.9 Å². The van der Waals surface area contributed by atoms with Gasteiger partial charge in [0, 0.05) is 24.2 Å². The summed E-state index contributed by atoms with van der Waals surface area (Å²) in [6.45, 7) is 2.60. The topological polar surface area (TPSA) is 52.0 Å². The lowest BCUT2D eigenvalue weighted by molar-refractivity contribution is 1.03. The Balaban J connectivity index is 2.85. The number of aryl methyl sites for hydroxylation is 1. The van der Waals surface area contributed by atoms with Crippen LogP contribution in [0.5, 0.6) is 0 Å². The van der Waals surface area contributed by atoms with Crippen molar-refractivity contribution in [2.75, 3.05) is 12.3 Å². The summed E-state index contributed by atoms with van der Waals surface area (Å²) >= 11 is 0. The minimum Gasteiger partial charge on any atom is -0.398 e. The normalized spacial score (nSPS) is 9.08. The van der Waals surface area contributed by atoms with Crippen molar-refractivity contribution in [1.29, 1.82) is 0 Å². The summed E-state index contributed by atoms with van der Waals surface area (Å²) in [6, 6.07) is 5.86. The van der Waals surface area contributed by atoms with Crippen LogP contribution >= 0.6 is 0 Å². The van der Waals surface area contributed by atoms with Crippen LogP contribution in [-0.2, 0) is 0 Å². The molecule has 0 saturated carbocycles. The van der Waals surface area contributed by atoms with E-state index in [0.717, 1.165) is 16.8 Å². The second-order valence-electron chi connectivity index (χ2n) is 2.93. The average Bonchev–Trinajstić information content (AvgIpc) is 2.09. The van der Waals surface area contributed by atoms with E-state index in [9.17, 15) is 0 Å². The lowest BCUT2D eigenvalue weighted by atomic mass is 10.1. The molecule has 0 aromatic heterocycles. The molecular formula is C11H14N2. The quantitative estimate of drug-likeness (QED) is 0.497. The number of benzene rings is 1. The highest BCUT2D eigenvalue weighted by molar-refractivity contribution is 5.57. The van der Waals surface area contributed by atoms with Crippen LogP contribution in [0, 0.1) is 18.8 Å². The fourth-order valence-corrected chi connectivity index (χ4v) is 1.03. The Morgan fingerprint density at radius 1 is 1.38 bits per heavy atom. The minimum atomic E-state index is 0.596. The maximum atomic E-state index is 5.77.